The Labute approximate surface area is 177 Å². The molecular formula is C21H19N5O3S. The summed E-state index contributed by atoms with van der Waals surface area (Å²) in [6, 6.07) is 13.6. The molecule has 0 fully saturated rings. The molecule has 0 spiro atoms. The summed E-state index contributed by atoms with van der Waals surface area (Å²) in [5.41, 5.74) is 1.66. The number of anilines is 2. The van der Waals surface area contributed by atoms with E-state index in [4.69, 9.17) is 0 Å². The first-order valence-corrected chi connectivity index (χ1v) is 10.3. The SMILES string of the molecule is CC(C)n1cnnc1SCC(=O)Nc1cccc(N2C(=O)c3ccccc3C2=O)c1. The second-order valence-electron chi connectivity index (χ2n) is 6.99. The lowest BCUT2D eigenvalue weighted by Gasteiger charge is -2.15. The highest BCUT2D eigenvalue weighted by atomic mass is 32.2. The molecule has 9 heteroatoms. The Hall–Kier alpha value is -3.46. The van der Waals surface area contributed by atoms with Crippen molar-refractivity contribution >= 4 is 40.9 Å². The van der Waals surface area contributed by atoms with Gasteiger partial charge in [-0.15, -0.1) is 10.2 Å². The predicted molar refractivity (Wildman–Crippen MR) is 114 cm³/mol. The van der Waals surface area contributed by atoms with E-state index in [2.05, 4.69) is 15.5 Å². The molecule has 0 aliphatic carbocycles. The van der Waals surface area contributed by atoms with Crippen LogP contribution in [0, 0.1) is 0 Å². The maximum atomic E-state index is 12.7. The topological polar surface area (TPSA) is 97.2 Å². The van der Waals surface area contributed by atoms with Crippen LogP contribution < -0.4 is 10.2 Å². The Balaban J connectivity index is 1.45. The number of hydrogen-bond acceptors (Lipinski definition) is 6. The number of nitrogens with one attached hydrogen (secondary N) is 1. The number of imide groups is 1. The number of hydrogen-bond donors (Lipinski definition) is 1. The van der Waals surface area contributed by atoms with Crippen LogP contribution in [0.25, 0.3) is 0 Å². The minimum atomic E-state index is -0.373. The van der Waals surface area contributed by atoms with Gasteiger partial charge in [-0.1, -0.05) is 30.0 Å². The standard InChI is InChI=1S/C21H19N5O3S/c1-13(2)25-12-22-24-21(25)30-11-18(27)23-14-6-5-7-15(10-14)26-19(28)16-8-3-4-9-17(16)20(26)29/h3-10,12-13H,11H2,1-2H3,(H,23,27). The molecule has 4 rings (SSSR count). The molecule has 1 aliphatic rings. The molecule has 1 aromatic heterocycles. The molecule has 2 heterocycles. The first kappa shape index (κ1) is 19.8. The summed E-state index contributed by atoms with van der Waals surface area (Å²) < 4.78 is 1.89. The third-order valence-corrected chi connectivity index (χ3v) is 5.57. The number of carbonyl (C=O) groups excluding carboxylic acids is 3. The van der Waals surface area contributed by atoms with E-state index in [1.54, 1.807) is 54.9 Å². The number of thioether (sulfide) groups is 1. The van der Waals surface area contributed by atoms with Gasteiger partial charge in [-0.05, 0) is 44.2 Å². The molecule has 30 heavy (non-hydrogen) atoms. The van der Waals surface area contributed by atoms with Gasteiger partial charge < -0.3 is 9.88 Å². The molecule has 0 saturated carbocycles. The summed E-state index contributed by atoms with van der Waals surface area (Å²) in [5, 5.41) is 11.4. The fourth-order valence-corrected chi connectivity index (χ4v) is 4.01. The van der Waals surface area contributed by atoms with Crippen molar-refractivity contribution in [1.29, 1.82) is 0 Å². The van der Waals surface area contributed by atoms with Gasteiger partial charge in [-0.2, -0.15) is 0 Å². The third-order valence-electron chi connectivity index (χ3n) is 4.61. The van der Waals surface area contributed by atoms with E-state index >= 15 is 0 Å². The monoisotopic (exact) mass is 421 g/mol. The lowest BCUT2D eigenvalue weighted by Crippen LogP contribution is -2.29. The van der Waals surface area contributed by atoms with E-state index in [-0.39, 0.29) is 29.5 Å². The number of benzene rings is 2. The van der Waals surface area contributed by atoms with E-state index < -0.39 is 0 Å². The lowest BCUT2D eigenvalue weighted by atomic mass is 10.1. The zero-order valence-corrected chi connectivity index (χ0v) is 17.2. The predicted octanol–water partition coefficient (Wildman–Crippen LogP) is 3.39. The number of amides is 3. The molecule has 152 valence electrons. The van der Waals surface area contributed by atoms with Crippen LogP contribution in [0.3, 0.4) is 0 Å². The van der Waals surface area contributed by atoms with Crippen molar-refractivity contribution in [1.82, 2.24) is 14.8 Å². The van der Waals surface area contributed by atoms with Gasteiger partial charge in [0.05, 0.1) is 22.6 Å². The normalized spacial score (nSPS) is 13.1. The second-order valence-corrected chi connectivity index (χ2v) is 7.94. The van der Waals surface area contributed by atoms with E-state index in [0.717, 1.165) is 4.90 Å². The van der Waals surface area contributed by atoms with Gasteiger partial charge >= 0.3 is 0 Å². The highest BCUT2D eigenvalue weighted by molar-refractivity contribution is 7.99. The van der Waals surface area contributed by atoms with Crippen LogP contribution in [0.2, 0.25) is 0 Å². The highest BCUT2D eigenvalue weighted by Gasteiger charge is 2.36. The summed E-state index contributed by atoms with van der Waals surface area (Å²) in [6.45, 7) is 4.02. The van der Waals surface area contributed by atoms with Gasteiger partial charge in [0.2, 0.25) is 5.91 Å². The number of carbonyl (C=O) groups is 3. The number of aromatic nitrogens is 3. The molecule has 3 aromatic rings. The van der Waals surface area contributed by atoms with Crippen molar-refractivity contribution in [2.45, 2.75) is 25.0 Å². The van der Waals surface area contributed by atoms with Gasteiger partial charge in [-0.3, -0.25) is 14.4 Å². The largest absolute Gasteiger partial charge is 0.325 e. The van der Waals surface area contributed by atoms with Crippen molar-refractivity contribution in [3.05, 3.63) is 66.0 Å². The number of nitrogens with zero attached hydrogens (tertiary/aromatic N) is 4. The summed E-state index contributed by atoms with van der Waals surface area (Å²) in [7, 11) is 0. The van der Waals surface area contributed by atoms with Gasteiger partial charge in [-0.25, -0.2) is 4.90 Å². The fourth-order valence-electron chi connectivity index (χ4n) is 3.16. The molecule has 0 atom stereocenters. The van der Waals surface area contributed by atoms with E-state index in [0.29, 0.717) is 27.7 Å². The van der Waals surface area contributed by atoms with Crippen LogP contribution in [0.15, 0.2) is 60.0 Å². The Bertz CT molecular complexity index is 1110. The van der Waals surface area contributed by atoms with Crippen molar-refractivity contribution in [2.75, 3.05) is 16.0 Å². The molecule has 8 nitrogen and oxygen atoms in total. The smallest absolute Gasteiger partial charge is 0.266 e. The lowest BCUT2D eigenvalue weighted by molar-refractivity contribution is -0.113. The molecule has 1 N–H and O–H groups in total. The summed E-state index contributed by atoms with van der Waals surface area (Å²) in [5.74, 6) is -0.814. The van der Waals surface area contributed by atoms with Crippen LogP contribution >= 0.6 is 11.8 Å². The average molecular weight is 421 g/mol. The quantitative estimate of drug-likeness (QED) is 0.484. The first-order valence-electron chi connectivity index (χ1n) is 9.35. The summed E-state index contributed by atoms with van der Waals surface area (Å²) >= 11 is 1.29. The minimum absolute atomic E-state index is 0.155. The van der Waals surface area contributed by atoms with Crippen LogP contribution in [0.1, 0.15) is 40.6 Å². The highest BCUT2D eigenvalue weighted by Crippen LogP contribution is 2.30. The van der Waals surface area contributed by atoms with Crippen LogP contribution in [0.4, 0.5) is 11.4 Å². The molecule has 0 unspecified atom stereocenters. The summed E-state index contributed by atoms with van der Waals surface area (Å²) in [6.07, 6.45) is 1.64. The zero-order chi connectivity index (χ0) is 21.3. The Morgan fingerprint density at radius 1 is 1.07 bits per heavy atom. The molecular weight excluding hydrogens is 402 g/mol. The third kappa shape index (κ3) is 3.71. The van der Waals surface area contributed by atoms with Crippen LogP contribution in [-0.4, -0.2) is 38.2 Å². The zero-order valence-electron chi connectivity index (χ0n) is 16.4. The number of rotatable bonds is 6. The first-order chi connectivity index (χ1) is 14.5. The van der Waals surface area contributed by atoms with Crippen molar-refractivity contribution in [2.24, 2.45) is 0 Å². The van der Waals surface area contributed by atoms with Crippen molar-refractivity contribution in [3.63, 3.8) is 0 Å². The molecule has 1 aliphatic heterocycles. The fraction of sp³-hybridized carbons (Fsp3) is 0.190. The average Bonchev–Trinajstić information content (AvgIpc) is 3.30. The summed E-state index contributed by atoms with van der Waals surface area (Å²) in [4.78, 5) is 38.8. The van der Waals surface area contributed by atoms with Gasteiger partial charge in [0, 0.05) is 11.7 Å². The minimum Gasteiger partial charge on any atom is -0.325 e. The van der Waals surface area contributed by atoms with Gasteiger partial charge in [0.25, 0.3) is 11.8 Å². The number of fused-ring (bicyclic) bond motifs is 1. The van der Waals surface area contributed by atoms with Gasteiger partial charge in [0.1, 0.15) is 6.33 Å². The molecule has 0 saturated heterocycles. The molecule has 2 aromatic carbocycles. The van der Waals surface area contributed by atoms with E-state index in [1.165, 1.54) is 11.8 Å². The molecule has 3 amide bonds. The van der Waals surface area contributed by atoms with Crippen LogP contribution in [0.5, 0.6) is 0 Å². The van der Waals surface area contributed by atoms with Crippen molar-refractivity contribution in [3.8, 4) is 0 Å². The Kier molecular flexibility index (Phi) is 5.37. The van der Waals surface area contributed by atoms with Crippen molar-refractivity contribution < 1.29 is 14.4 Å². The van der Waals surface area contributed by atoms with Gasteiger partial charge in [0.15, 0.2) is 5.16 Å². The Morgan fingerprint density at radius 3 is 2.43 bits per heavy atom. The molecule has 0 radical (unpaired) electrons. The van der Waals surface area contributed by atoms with E-state index in [1.807, 2.05) is 18.4 Å². The molecule has 0 bridgehead atoms. The maximum absolute atomic E-state index is 12.7. The maximum Gasteiger partial charge on any atom is 0.266 e. The Morgan fingerprint density at radius 2 is 1.77 bits per heavy atom. The van der Waals surface area contributed by atoms with Crippen LogP contribution in [-0.2, 0) is 4.79 Å². The second kappa shape index (κ2) is 8.11. The van der Waals surface area contributed by atoms with E-state index in [9.17, 15) is 14.4 Å².